The molecule has 8 aromatic heterocycles. The predicted molar refractivity (Wildman–Crippen MR) is 474 cm³/mol. The number of fused-ring (bicyclic) bond motifs is 24. The molecule has 0 N–H and O–H groups in total. The Morgan fingerprint density at radius 2 is 0.325 bits per heavy atom. The number of rotatable bonds is 9. The zero-order chi connectivity index (χ0) is 74.9. The van der Waals surface area contributed by atoms with Gasteiger partial charge in [0, 0.05) is 126 Å². The first kappa shape index (κ1) is 62.9. The van der Waals surface area contributed by atoms with Crippen molar-refractivity contribution in [3.05, 3.63) is 376 Å². The van der Waals surface area contributed by atoms with Gasteiger partial charge in [-0.3, -0.25) is 0 Å². The van der Waals surface area contributed by atoms with Crippen molar-refractivity contribution in [1.82, 2.24) is 35.9 Å². The molecule has 0 atom stereocenters. The maximum absolute atomic E-state index is 14.6. The van der Waals surface area contributed by atoms with E-state index < -0.39 is 10.0 Å². The Labute approximate surface area is 651 Å². The van der Waals surface area contributed by atoms with Crippen molar-refractivity contribution < 1.29 is 8.42 Å². The highest BCUT2D eigenvalue weighted by atomic mass is 32.2. The van der Waals surface area contributed by atoms with Crippen molar-refractivity contribution in [2.24, 2.45) is 0 Å². The van der Waals surface area contributed by atoms with Crippen molar-refractivity contribution in [2.45, 2.75) is 11.8 Å². The quantitative estimate of drug-likeness (QED) is 0.144. The van der Waals surface area contributed by atoms with Crippen molar-refractivity contribution in [2.75, 3.05) is 0 Å². The summed E-state index contributed by atoms with van der Waals surface area (Å²) in [6.07, 6.45) is 0. The van der Waals surface area contributed by atoms with Crippen LogP contribution in [0.2, 0.25) is 0 Å². The second-order valence-corrected chi connectivity index (χ2v) is 32.3. The van der Waals surface area contributed by atoms with Crippen LogP contribution < -0.4 is 0 Å². The van der Waals surface area contributed by atoms with Gasteiger partial charge < -0.3 is 32.0 Å². The maximum Gasteiger partial charge on any atom is 0.268 e. The molecule has 0 unspecified atom stereocenters. The lowest BCUT2D eigenvalue weighted by Crippen LogP contribution is -2.12. The smallest absolute Gasteiger partial charge is 0.268 e. The molecule has 0 spiro atoms. The molecule has 0 bridgehead atoms. The Balaban J connectivity index is 0.583. The van der Waals surface area contributed by atoms with Gasteiger partial charge in [0.1, 0.15) is 0 Å². The molecule has 25 rings (SSSR count). The van der Waals surface area contributed by atoms with Crippen LogP contribution in [-0.4, -0.2) is 44.4 Å². The average Bonchev–Trinajstić information content (AvgIpc) is 1.57. The number of nitrogens with zero attached hydrogens (tertiary/aromatic N) is 8. The predicted octanol–water partition coefficient (Wildman–Crippen LogP) is 26.0. The van der Waals surface area contributed by atoms with Crippen LogP contribution in [0.15, 0.2) is 375 Å². The summed E-state index contributed by atoms with van der Waals surface area (Å²) in [5, 5.41) is 18.4. The third-order valence-electron chi connectivity index (χ3n) is 24.5. The summed E-state index contributed by atoms with van der Waals surface area (Å²) in [4.78, 5) is 0.254. The highest BCUT2D eigenvalue weighted by molar-refractivity contribution is 7.90. The summed E-state index contributed by atoms with van der Waals surface area (Å²) in [6, 6.07) is 133. The van der Waals surface area contributed by atoms with Crippen LogP contribution in [0.1, 0.15) is 5.56 Å². The minimum absolute atomic E-state index is 0.254. The third kappa shape index (κ3) is 8.70. The van der Waals surface area contributed by atoms with E-state index in [0.29, 0.717) is 11.0 Å². The van der Waals surface area contributed by atoms with Gasteiger partial charge in [0.05, 0.1) is 93.2 Å². The van der Waals surface area contributed by atoms with E-state index >= 15 is 0 Å². The minimum Gasteiger partial charge on any atom is -0.309 e. The first-order valence-corrected chi connectivity index (χ1v) is 40.2. The van der Waals surface area contributed by atoms with Crippen molar-refractivity contribution in [3.63, 3.8) is 0 Å². The third-order valence-corrected chi connectivity index (χ3v) is 26.2. The van der Waals surface area contributed by atoms with Gasteiger partial charge in [-0.25, -0.2) is 12.4 Å². The molecule has 114 heavy (non-hydrogen) atoms. The molecule has 0 aliphatic heterocycles. The van der Waals surface area contributed by atoms with Gasteiger partial charge in [0.15, 0.2) is 0 Å². The lowest BCUT2D eigenvalue weighted by Gasteiger charge is -2.13. The monoisotopic (exact) mass is 1480 g/mol. The Morgan fingerprint density at radius 1 is 0.167 bits per heavy atom. The van der Waals surface area contributed by atoms with Gasteiger partial charge in [-0.05, 0) is 201 Å². The van der Waals surface area contributed by atoms with E-state index in [2.05, 4.69) is 347 Å². The summed E-state index contributed by atoms with van der Waals surface area (Å²) in [7, 11) is -3.94. The van der Waals surface area contributed by atoms with E-state index in [9.17, 15) is 8.42 Å². The molecule has 534 valence electrons. The van der Waals surface area contributed by atoms with Gasteiger partial charge in [0.25, 0.3) is 10.0 Å². The van der Waals surface area contributed by atoms with Gasteiger partial charge in [-0.15, -0.1) is 0 Å². The largest absolute Gasteiger partial charge is 0.309 e. The van der Waals surface area contributed by atoms with Crippen LogP contribution >= 0.6 is 0 Å². The SMILES string of the molecule is Cc1ccc(S(=O)(=O)n2c3ccccc3c3cc(-n4c5ccccc5c5cc(-n6c7ccccc7c7cc(-n8c9ccccc9c9cc(-n%10c%11ccccc%11c%11cc(-n%12c%13ccccc%13c%13cc(-n%14c%15ccccc%15c%15cc(-n%16c%17ccccc%17c%17ccccc%17%16)ccc%15%14)ccc%13%12)ccc%11%10)ccc98)ccc76)ccc54)ccc32)cc1. The van der Waals surface area contributed by atoms with Crippen LogP contribution in [0.25, 0.3) is 214 Å². The Hall–Kier alpha value is -14.9. The average molecular weight is 1480 g/mol. The number of para-hydroxylation sites is 9. The summed E-state index contributed by atoms with van der Waals surface area (Å²) in [6.45, 7) is 1.97. The zero-order valence-electron chi connectivity index (χ0n) is 61.5. The van der Waals surface area contributed by atoms with E-state index in [4.69, 9.17) is 0 Å². The molecule has 0 saturated heterocycles. The van der Waals surface area contributed by atoms with E-state index in [1.807, 2.05) is 49.4 Å². The second kappa shape index (κ2) is 23.3. The normalized spacial score (nSPS) is 12.5. The first-order chi connectivity index (χ1) is 56.2. The van der Waals surface area contributed by atoms with Crippen LogP contribution in [0.3, 0.4) is 0 Å². The standard InChI is InChI=1S/C103H64N8O2S/c1-63-38-47-71(48-39-63)114(112,113)111-102-37-19-10-28-80(102)87-62-70(46-55-103(87)111)110-95-36-18-9-27-79(95)86-61-69(45-54-101(86)110)109-94-35-17-8-26-78(94)85-60-68(44-53-100(85)109)108-93-34-16-7-25-77(93)84-59-67(43-52-99(84)108)107-92-33-15-6-24-76(92)83-58-66(42-51-98(83)107)106-91-32-14-5-23-75(91)82-57-65(41-50-97(82)106)105-90-31-13-4-22-74(90)81-56-64(40-49-96(81)105)104-88-29-11-2-20-72(88)73-21-3-12-30-89(73)104/h2-62H,1H3. The molecule has 25 aromatic rings. The topological polar surface area (TPSA) is 73.6 Å². The Bertz CT molecular complexity index is 8610. The molecule has 10 nitrogen and oxygen atoms in total. The second-order valence-electron chi connectivity index (χ2n) is 30.5. The molecule has 8 heterocycles. The molecule has 0 aliphatic carbocycles. The number of benzene rings is 17. The molecule has 0 fully saturated rings. The van der Waals surface area contributed by atoms with Crippen molar-refractivity contribution in [3.8, 4) is 39.8 Å². The number of aryl methyl sites for hydroxylation is 1. The molecule has 0 amide bonds. The maximum atomic E-state index is 14.6. The summed E-state index contributed by atoms with van der Waals surface area (Å²) >= 11 is 0. The van der Waals surface area contributed by atoms with E-state index in [-0.39, 0.29) is 4.90 Å². The summed E-state index contributed by atoms with van der Waals surface area (Å²) in [5.74, 6) is 0. The number of hydrogen-bond acceptors (Lipinski definition) is 2. The lowest BCUT2D eigenvalue weighted by molar-refractivity contribution is 0.590. The fourth-order valence-corrected chi connectivity index (χ4v) is 21.1. The molecule has 11 heteroatoms. The zero-order valence-corrected chi connectivity index (χ0v) is 62.3. The minimum atomic E-state index is -3.94. The van der Waals surface area contributed by atoms with Gasteiger partial charge in [0.2, 0.25) is 0 Å². The lowest BCUT2D eigenvalue weighted by atomic mass is 10.1. The molecule has 0 radical (unpaired) electrons. The Morgan fingerprint density at radius 3 is 0.553 bits per heavy atom. The highest BCUT2D eigenvalue weighted by Crippen LogP contribution is 2.46. The van der Waals surface area contributed by atoms with Crippen molar-refractivity contribution >= 4 is 184 Å². The van der Waals surface area contributed by atoms with Crippen molar-refractivity contribution in [1.29, 1.82) is 0 Å². The van der Waals surface area contributed by atoms with Crippen LogP contribution in [0.4, 0.5) is 0 Å². The van der Waals surface area contributed by atoms with E-state index in [0.717, 1.165) is 133 Å². The Kier molecular flexibility index (Phi) is 12.9. The molecule has 0 aliphatic rings. The van der Waals surface area contributed by atoms with Crippen LogP contribution in [0.5, 0.6) is 0 Å². The summed E-state index contributed by atoms with van der Waals surface area (Å²) < 4.78 is 47.6. The molecule has 0 saturated carbocycles. The van der Waals surface area contributed by atoms with E-state index in [1.54, 1.807) is 12.1 Å². The van der Waals surface area contributed by atoms with E-state index in [1.165, 1.54) is 79.8 Å². The molecule has 17 aromatic carbocycles. The van der Waals surface area contributed by atoms with Gasteiger partial charge in [-0.1, -0.05) is 181 Å². The molecular formula is C103H64N8O2S. The fraction of sp³-hybridized carbons (Fsp3) is 0.00971. The highest BCUT2D eigenvalue weighted by Gasteiger charge is 2.27. The van der Waals surface area contributed by atoms with Gasteiger partial charge in [-0.2, -0.15) is 0 Å². The molecular weight excluding hydrogens is 1410 g/mol. The van der Waals surface area contributed by atoms with Gasteiger partial charge >= 0.3 is 0 Å². The number of aromatic nitrogens is 8. The first-order valence-electron chi connectivity index (χ1n) is 38.8. The fourth-order valence-electron chi connectivity index (χ4n) is 19.6. The van der Waals surface area contributed by atoms with Crippen LogP contribution in [-0.2, 0) is 10.0 Å². The summed E-state index contributed by atoms with van der Waals surface area (Å²) in [5.41, 5.74) is 25.7. The number of hydrogen-bond donors (Lipinski definition) is 0. The van der Waals surface area contributed by atoms with Crippen LogP contribution in [0, 0.1) is 6.92 Å².